The third kappa shape index (κ3) is 3.86. The molecule has 0 spiro atoms. The van der Waals surface area contributed by atoms with E-state index in [4.69, 9.17) is 0 Å². The predicted molar refractivity (Wildman–Crippen MR) is 75.8 cm³/mol. The van der Waals surface area contributed by atoms with Crippen molar-refractivity contribution in [2.75, 3.05) is 6.54 Å². The van der Waals surface area contributed by atoms with E-state index in [9.17, 15) is 0 Å². The second-order valence-corrected chi connectivity index (χ2v) is 5.66. The van der Waals surface area contributed by atoms with E-state index < -0.39 is 0 Å². The molecular formula is C14H21N5. The van der Waals surface area contributed by atoms with Gasteiger partial charge in [0.1, 0.15) is 11.5 Å². The van der Waals surface area contributed by atoms with Crippen molar-refractivity contribution in [3.63, 3.8) is 0 Å². The Labute approximate surface area is 113 Å². The summed E-state index contributed by atoms with van der Waals surface area (Å²) in [7, 11) is 0. The van der Waals surface area contributed by atoms with Gasteiger partial charge in [0, 0.05) is 30.9 Å². The molecule has 0 radical (unpaired) electrons. The lowest BCUT2D eigenvalue weighted by Gasteiger charge is -2.19. The number of hydrogen-bond donors (Lipinski definition) is 2. The molecule has 0 aromatic carbocycles. The molecule has 2 heterocycles. The lowest BCUT2D eigenvalue weighted by molar-refractivity contribution is 0.427. The van der Waals surface area contributed by atoms with Crippen LogP contribution in [0.15, 0.2) is 18.6 Å². The van der Waals surface area contributed by atoms with Crippen molar-refractivity contribution >= 4 is 0 Å². The van der Waals surface area contributed by atoms with E-state index in [1.54, 1.807) is 12.4 Å². The van der Waals surface area contributed by atoms with Gasteiger partial charge in [-0.1, -0.05) is 0 Å². The molecule has 19 heavy (non-hydrogen) atoms. The largest absolute Gasteiger partial charge is 0.341 e. The summed E-state index contributed by atoms with van der Waals surface area (Å²) in [5.41, 5.74) is 2.84. The molecule has 0 unspecified atom stereocenters. The normalized spacial score (nSPS) is 11.8. The quantitative estimate of drug-likeness (QED) is 0.882. The summed E-state index contributed by atoms with van der Waals surface area (Å²) >= 11 is 0. The summed E-state index contributed by atoms with van der Waals surface area (Å²) in [6, 6.07) is 0. The number of aromatic nitrogens is 4. The van der Waals surface area contributed by atoms with E-state index in [-0.39, 0.29) is 5.54 Å². The summed E-state index contributed by atoms with van der Waals surface area (Å²) in [6.45, 7) is 9.32. The van der Waals surface area contributed by atoms with Crippen LogP contribution in [0.1, 0.15) is 32.3 Å². The van der Waals surface area contributed by atoms with Gasteiger partial charge in [0.15, 0.2) is 0 Å². The average molecular weight is 259 g/mol. The first-order valence-corrected chi connectivity index (χ1v) is 6.52. The molecule has 0 bridgehead atoms. The van der Waals surface area contributed by atoms with Crippen molar-refractivity contribution in [3.05, 3.63) is 30.1 Å². The van der Waals surface area contributed by atoms with Crippen LogP contribution in [0.2, 0.25) is 0 Å². The smallest absolute Gasteiger partial charge is 0.109 e. The van der Waals surface area contributed by atoms with Gasteiger partial charge in [0.25, 0.3) is 0 Å². The fourth-order valence-electron chi connectivity index (χ4n) is 1.84. The van der Waals surface area contributed by atoms with E-state index in [1.165, 1.54) is 0 Å². The van der Waals surface area contributed by atoms with Gasteiger partial charge >= 0.3 is 0 Å². The topological polar surface area (TPSA) is 66.5 Å². The molecule has 0 amide bonds. The summed E-state index contributed by atoms with van der Waals surface area (Å²) in [4.78, 5) is 16.3. The van der Waals surface area contributed by atoms with Gasteiger partial charge in [0.2, 0.25) is 0 Å². The summed E-state index contributed by atoms with van der Waals surface area (Å²) in [5.74, 6) is 0.969. The van der Waals surface area contributed by atoms with Gasteiger partial charge in [0.05, 0.1) is 17.6 Å². The van der Waals surface area contributed by atoms with Crippen molar-refractivity contribution in [1.82, 2.24) is 25.3 Å². The lowest BCUT2D eigenvalue weighted by atomic mass is 10.1. The van der Waals surface area contributed by atoms with Crippen LogP contribution in [0, 0.1) is 6.92 Å². The highest BCUT2D eigenvalue weighted by molar-refractivity contribution is 5.55. The van der Waals surface area contributed by atoms with Crippen LogP contribution in [-0.2, 0) is 6.42 Å². The second-order valence-electron chi connectivity index (χ2n) is 5.66. The Balaban J connectivity index is 2.02. The van der Waals surface area contributed by atoms with Crippen molar-refractivity contribution in [3.8, 4) is 11.4 Å². The second kappa shape index (κ2) is 5.48. The SMILES string of the molecule is Cc1nccnc1-c1cnc(CCNC(C)(C)C)[nH]1. The Hall–Kier alpha value is -1.75. The Morgan fingerprint density at radius 1 is 1.16 bits per heavy atom. The number of H-pyrrole nitrogens is 1. The molecule has 0 aliphatic heterocycles. The predicted octanol–water partition coefficient (Wildman–Crippen LogP) is 2.11. The third-order valence-electron chi connectivity index (χ3n) is 2.78. The van der Waals surface area contributed by atoms with Crippen LogP contribution < -0.4 is 5.32 Å². The highest BCUT2D eigenvalue weighted by Crippen LogP contribution is 2.16. The lowest BCUT2D eigenvalue weighted by Crippen LogP contribution is -2.37. The molecule has 5 nitrogen and oxygen atoms in total. The third-order valence-corrected chi connectivity index (χ3v) is 2.78. The first kappa shape index (κ1) is 13.7. The van der Waals surface area contributed by atoms with E-state index in [1.807, 2.05) is 13.1 Å². The van der Waals surface area contributed by atoms with E-state index in [0.717, 1.165) is 35.9 Å². The summed E-state index contributed by atoms with van der Waals surface area (Å²) < 4.78 is 0. The highest BCUT2D eigenvalue weighted by Gasteiger charge is 2.10. The maximum absolute atomic E-state index is 4.39. The number of nitrogens with one attached hydrogen (secondary N) is 2. The van der Waals surface area contributed by atoms with E-state index in [0.29, 0.717) is 0 Å². The zero-order valence-electron chi connectivity index (χ0n) is 12.0. The highest BCUT2D eigenvalue weighted by atomic mass is 15.0. The average Bonchev–Trinajstić information content (AvgIpc) is 2.76. The number of imidazole rings is 1. The van der Waals surface area contributed by atoms with Crippen LogP contribution in [0.25, 0.3) is 11.4 Å². The van der Waals surface area contributed by atoms with Gasteiger partial charge in [-0.2, -0.15) is 0 Å². The molecule has 5 heteroatoms. The van der Waals surface area contributed by atoms with Crippen LogP contribution >= 0.6 is 0 Å². The van der Waals surface area contributed by atoms with Crippen LogP contribution in [-0.4, -0.2) is 32.0 Å². The Morgan fingerprint density at radius 2 is 1.89 bits per heavy atom. The van der Waals surface area contributed by atoms with E-state index in [2.05, 4.69) is 46.0 Å². The van der Waals surface area contributed by atoms with Crippen molar-refractivity contribution in [2.45, 2.75) is 39.7 Å². The first-order valence-electron chi connectivity index (χ1n) is 6.52. The zero-order chi connectivity index (χ0) is 13.9. The molecule has 2 N–H and O–H groups in total. The van der Waals surface area contributed by atoms with Gasteiger partial charge in [-0.05, 0) is 27.7 Å². The minimum atomic E-state index is 0.136. The monoisotopic (exact) mass is 259 g/mol. The number of aryl methyl sites for hydroxylation is 1. The maximum Gasteiger partial charge on any atom is 0.109 e. The number of rotatable bonds is 4. The Kier molecular flexibility index (Phi) is 3.95. The Bertz CT molecular complexity index is 539. The Morgan fingerprint density at radius 3 is 2.58 bits per heavy atom. The molecule has 0 fully saturated rings. The molecule has 2 rings (SSSR count). The van der Waals surface area contributed by atoms with Gasteiger partial charge < -0.3 is 10.3 Å². The van der Waals surface area contributed by atoms with Gasteiger partial charge in [-0.3, -0.25) is 9.97 Å². The van der Waals surface area contributed by atoms with E-state index >= 15 is 0 Å². The van der Waals surface area contributed by atoms with Crippen LogP contribution in [0.5, 0.6) is 0 Å². The molecule has 0 saturated carbocycles. The fourth-order valence-corrected chi connectivity index (χ4v) is 1.84. The molecule has 0 saturated heterocycles. The van der Waals surface area contributed by atoms with Crippen LogP contribution in [0.3, 0.4) is 0 Å². The van der Waals surface area contributed by atoms with Crippen LogP contribution in [0.4, 0.5) is 0 Å². The number of nitrogens with zero attached hydrogens (tertiary/aromatic N) is 3. The number of aromatic amines is 1. The van der Waals surface area contributed by atoms with Crippen molar-refractivity contribution < 1.29 is 0 Å². The fraction of sp³-hybridized carbons (Fsp3) is 0.500. The first-order chi connectivity index (χ1) is 8.96. The van der Waals surface area contributed by atoms with Gasteiger partial charge in [-0.25, -0.2) is 4.98 Å². The molecule has 2 aromatic rings. The van der Waals surface area contributed by atoms with Gasteiger partial charge in [-0.15, -0.1) is 0 Å². The zero-order valence-corrected chi connectivity index (χ0v) is 12.0. The minimum absolute atomic E-state index is 0.136. The molecule has 0 atom stereocenters. The number of hydrogen-bond acceptors (Lipinski definition) is 4. The maximum atomic E-state index is 4.39. The molecular weight excluding hydrogens is 238 g/mol. The molecule has 102 valence electrons. The van der Waals surface area contributed by atoms with Crippen molar-refractivity contribution in [2.24, 2.45) is 0 Å². The molecule has 2 aromatic heterocycles. The molecule has 0 aliphatic rings. The standard InChI is InChI=1S/C14H21N5/c1-10-13(16-8-7-15-10)11-9-17-12(19-11)5-6-18-14(2,3)4/h7-9,18H,5-6H2,1-4H3,(H,17,19). The summed E-state index contributed by atoms with van der Waals surface area (Å²) in [6.07, 6.45) is 6.09. The minimum Gasteiger partial charge on any atom is -0.341 e. The molecule has 0 aliphatic carbocycles. The van der Waals surface area contributed by atoms with Crippen molar-refractivity contribution in [1.29, 1.82) is 0 Å². The summed E-state index contributed by atoms with van der Waals surface area (Å²) in [5, 5.41) is 3.44.